The van der Waals surface area contributed by atoms with Crippen LogP contribution in [0.25, 0.3) is 11.1 Å². The Bertz CT molecular complexity index is 1920. The van der Waals surface area contributed by atoms with Crippen LogP contribution in [-0.4, -0.2) is 56.7 Å². The Morgan fingerprint density at radius 1 is 0.880 bits per heavy atom. The number of nitrogens with one attached hydrogen (secondary N) is 2. The molecule has 3 aromatic carbocycles. The van der Waals surface area contributed by atoms with Gasteiger partial charge in [0.05, 0.1) is 23.7 Å². The van der Waals surface area contributed by atoms with Crippen molar-refractivity contribution in [3.8, 4) is 34.4 Å². The number of H-pyrrole nitrogens is 1. The number of hydrogen-bond donors (Lipinski definition) is 2. The van der Waals surface area contributed by atoms with Gasteiger partial charge in [-0.05, 0) is 92.2 Å². The maximum Gasteiger partial charge on any atom is 0.188 e. The van der Waals surface area contributed by atoms with Crippen molar-refractivity contribution in [2.24, 2.45) is 0 Å². The first-order valence-corrected chi connectivity index (χ1v) is 17.2. The summed E-state index contributed by atoms with van der Waals surface area (Å²) in [6.07, 6.45) is 6.83. The predicted molar refractivity (Wildman–Crippen MR) is 191 cm³/mol. The second-order valence-electron chi connectivity index (χ2n) is 12.4. The van der Waals surface area contributed by atoms with Gasteiger partial charge in [-0.1, -0.05) is 47.1 Å². The highest BCUT2D eigenvalue weighted by molar-refractivity contribution is 6.32. The Hall–Kier alpha value is -5.02. The molecule has 0 unspecified atom stereocenters. The van der Waals surface area contributed by atoms with Crippen molar-refractivity contribution < 1.29 is 14.2 Å². The number of nitrogens with zero attached hydrogens (tertiary/aromatic N) is 6. The van der Waals surface area contributed by atoms with Gasteiger partial charge in [0.15, 0.2) is 5.82 Å². The molecule has 0 amide bonds. The van der Waals surface area contributed by atoms with Crippen LogP contribution >= 0.6 is 11.6 Å². The lowest BCUT2D eigenvalue weighted by molar-refractivity contribution is 0.262. The smallest absolute Gasteiger partial charge is 0.188 e. The normalized spacial score (nSPS) is 12.9. The number of likely N-dealkylation sites (tertiary alicyclic amines) is 1. The Morgan fingerprint density at radius 3 is 2.48 bits per heavy atom. The highest BCUT2D eigenvalue weighted by Gasteiger charge is 2.16. The van der Waals surface area contributed by atoms with E-state index in [-0.39, 0.29) is 6.61 Å². The average Bonchev–Trinajstić information content (AvgIpc) is 3.86. The number of benzene rings is 3. The number of aromatic nitrogens is 5. The van der Waals surface area contributed by atoms with Crippen molar-refractivity contribution in [2.45, 2.75) is 59.4 Å². The number of rotatable bonds is 16. The van der Waals surface area contributed by atoms with Crippen molar-refractivity contribution >= 4 is 11.6 Å². The number of ether oxygens (including phenoxy) is 3. The van der Waals surface area contributed by atoms with Crippen LogP contribution in [0, 0.1) is 25.2 Å². The van der Waals surface area contributed by atoms with Crippen LogP contribution in [0.1, 0.15) is 58.5 Å². The first-order chi connectivity index (χ1) is 24.5. The number of pyridine rings is 1. The summed E-state index contributed by atoms with van der Waals surface area (Å²) in [4.78, 5) is 6.67. The third kappa shape index (κ3) is 8.95. The van der Waals surface area contributed by atoms with Gasteiger partial charge in [0.2, 0.25) is 0 Å². The van der Waals surface area contributed by atoms with E-state index >= 15 is 0 Å². The fourth-order valence-corrected chi connectivity index (χ4v) is 6.38. The number of nitriles is 1. The molecule has 6 rings (SSSR count). The molecule has 0 radical (unpaired) electrons. The largest absolute Gasteiger partial charge is 0.493 e. The van der Waals surface area contributed by atoms with E-state index in [0.717, 1.165) is 57.7 Å². The van der Waals surface area contributed by atoms with Crippen LogP contribution in [-0.2, 0) is 26.3 Å². The van der Waals surface area contributed by atoms with E-state index in [4.69, 9.17) is 25.8 Å². The molecular weight excluding hydrogens is 652 g/mol. The van der Waals surface area contributed by atoms with Gasteiger partial charge in [-0.2, -0.15) is 10.5 Å². The van der Waals surface area contributed by atoms with Gasteiger partial charge in [0.25, 0.3) is 0 Å². The lowest BCUT2D eigenvalue weighted by atomic mass is 9.93. The standard InChI is InChI=1S/C38H41ClN8O3/c1-26-30(8-5-9-32(26)33-10-6-11-35(27(33)2)48-15-7-14-47-12-3-4-13-47)25-50-37-18-36(49-24-29-16-28(19-40)20-41-21-29)31(17-34(37)39)22-42-23-38-43-45-46-44-38/h5-6,8-11,16-18,20-21,42H,3-4,7,12-15,22-25H2,1-2H3,(H,43,44,45,46). The second-order valence-corrected chi connectivity index (χ2v) is 12.8. The third-order valence-corrected chi connectivity index (χ3v) is 9.19. The number of aromatic amines is 1. The molecular formula is C38H41ClN8O3. The molecule has 1 aliphatic heterocycles. The minimum atomic E-state index is 0.211. The zero-order valence-electron chi connectivity index (χ0n) is 28.4. The maximum atomic E-state index is 9.29. The zero-order valence-corrected chi connectivity index (χ0v) is 29.2. The summed E-state index contributed by atoms with van der Waals surface area (Å²) in [5, 5.41) is 27.1. The quantitative estimate of drug-likeness (QED) is 0.107. The van der Waals surface area contributed by atoms with Gasteiger partial charge < -0.3 is 24.4 Å². The second kappa shape index (κ2) is 17.1. The van der Waals surface area contributed by atoms with Crippen LogP contribution < -0.4 is 19.5 Å². The summed E-state index contributed by atoms with van der Waals surface area (Å²) in [6.45, 7) is 9.82. The number of halogens is 1. The van der Waals surface area contributed by atoms with Gasteiger partial charge in [0, 0.05) is 42.7 Å². The maximum absolute atomic E-state index is 9.29. The van der Waals surface area contributed by atoms with E-state index < -0.39 is 0 Å². The molecule has 2 aromatic heterocycles. The zero-order chi connectivity index (χ0) is 34.7. The Kier molecular flexibility index (Phi) is 11.9. The molecule has 1 aliphatic rings. The van der Waals surface area contributed by atoms with Crippen LogP contribution in [0.5, 0.6) is 17.2 Å². The highest BCUT2D eigenvalue weighted by Crippen LogP contribution is 2.36. The van der Waals surface area contributed by atoms with E-state index in [1.165, 1.54) is 32.1 Å². The molecule has 3 heterocycles. The van der Waals surface area contributed by atoms with Gasteiger partial charge in [0.1, 0.15) is 36.5 Å². The molecule has 0 atom stereocenters. The van der Waals surface area contributed by atoms with Crippen molar-refractivity contribution in [3.63, 3.8) is 0 Å². The number of hydrogen-bond acceptors (Lipinski definition) is 10. The summed E-state index contributed by atoms with van der Waals surface area (Å²) in [5.74, 6) is 2.55. The first-order valence-electron chi connectivity index (χ1n) is 16.9. The molecule has 2 N–H and O–H groups in total. The summed E-state index contributed by atoms with van der Waals surface area (Å²) in [5.41, 5.74) is 7.63. The molecule has 0 bridgehead atoms. The number of tetrazole rings is 1. The predicted octanol–water partition coefficient (Wildman–Crippen LogP) is 6.72. The van der Waals surface area contributed by atoms with E-state index in [0.29, 0.717) is 54.2 Å². The van der Waals surface area contributed by atoms with E-state index in [1.807, 2.05) is 12.1 Å². The average molecular weight is 693 g/mol. The van der Waals surface area contributed by atoms with Crippen LogP contribution in [0.15, 0.2) is 67.0 Å². The fourth-order valence-electron chi connectivity index (χ4n) is 6.14. The van der Waals surface area contributed by atoms with E-state index in [2.05, 4.69) is 92.1 Å². The summed E-state index contributed by atoms with van der Waals surface area (Å²) >= 11 is 6.79. The molecule has 50 heavy (non-hydrogen) atoms. The van der Waals surface area contributed by atoms with E-state index in [1.54, 1.807) is 12.3 Å². The summed E-state index contributed by atoms with van der Waals surface area (Å²) in [7, 11) is 0. The molecule has 0 saturated carbocycles. The van der Waals surface area contributed by atoms with Gasteiger partial charge in [-0.15, -0.1) is 10.2 Å². The van der Waals surface area contributed by atoms with Gasteiger partial charge in [-0.25, -0.2) is 0 Å². The lowest BCUT2D eigenvalue weighted by Crippen LogP contribution is -2.22. The molecule has 258 valence electrons. The molecule has 5 aromatic rings. The Balaban J connectivity index is 1.16. The van der Waals surface area contributed by atoms with E-state index in [9.17, 15) is 5.26 Å². The van der Waals surface area contributed by atoms with Crippen LogP contribution in [0.3, 0.4) is 0 Å². The lowest BCUT2D eigenvalue weighted by Gasteiger charge is -2.18. The third-order valence-electron chi connectivity index (χ3n) is 8.90. The molecule has 1 saturated heterocycles. The summed E-state index contributed by atoms with van der Waals surface area (Å²) < 4.78 is 18.9. The van der Waals surface area contributed by atoms with Gasteiger partial charge >= 0.3 is 0 Å². The molecule has 11 nitrogen and oxygen atoms in total. The van der Waals surface area contributed by atoms with Crippen molar-refractivity contribution in [1.29, 1.82) is 5.26 Å². The SMILES string of the molecule is Cc1c(COc2cc(OCc3cncc(C#N)c3)c(CNCc3nn[nH]n3)cc2Cl)cccc1-c1cccc(OCCCN2CCCC2)c1C. The topological polar surface area (TPSA) is 134 Å². The Morgan fingerprint density at radius 2 is 1.68 bits per heavy atom. The molecule has 12 heteroatoms. The molecule has 0 aliphatic carbocycles. The first kappa shape index (κ1) is 34.8. The van der Waals surface area contributed by atoms with Crippen LogP contribution in [0.4, 0.5) is 0 Å². The molecule has 0 spiro atoms. The van der Waals surface area contributed by atoms with Crippen LogP contribution in [0.2, 0.25) is 5.02 Å². The van der Waals surface area contributed by atoms with Crippen molar-refractivity contribution in [3.05, 3.63) is 111 Å². The van der Waals surface area contributed by atoms with Crippen molar-refractivity contribution in [2.75, 3.05) is 26.2 Å². The Labute approximate surface area is 297 Å². The summed E-state index contributed by atoms with van der Waals surface area (Å²) in [6, 6.07) is 20.1. The van der Waals surface area contributed by atoms with Gasteiger partial charge in [-0.3, -0.25) is 4.98 Å². The fraction of sp³-hybridized carbons (Fsp3) is 0.342. The minimum absolute atomic E-state index is 0.211. The van der Waals surface area contributed by atoms with Crippen molar-refractivity contribution in [1.82, 2.24) is 35.8 Å². The molecule has 1 fully saturated rings. The minimum Gasteiger partial charge on any atom is -0.493 e. The highest BCUT2D eigenvalue weighted by atomic mass is 35.5. The monoisotopic (exact) mass is 692 g/mol.